The Morgan fingerprint density at radius 2 is 1.95 bits per heavy atom. The molecule has 3 heterocycles. The molecule has 3 fully saturated rings. The zero-order valence-corrected chi connectivity index (χ0v) is 12.5. The highest BCUT2D eigenvalue weighted by Gasteiger charge is 2.36. The summed E-state index contributed by atoms with van der Waals surface area (Å²) >= 11 is 0. The van der Waals surface area contributed by atoms with Gasteiger partial charge in [0.1, 0.15) is 0 Å². The Morgan fingerprint density at radius 3 is 2.60 bits per heavy atom. The first-order chi connectivity index (χ1) is 9.63. The van der Waals surface area contributed by atoms with E-state index in [0.29, 0.717) is 24.6 Å². The molecule has 0 aromatic rings. The summed E-state index contributed by atoms with van der Waals surface area (Å²) < 4.78 is 5.53. The first-order valence-electron chi connectivity index (χ1n) is 8.03. The van der Waals surface area contributed by atoms with Gasteiger partial charge in [0.2, 0.25) is 5.91 Å². The maximum atomic E-state index is 12.5. The van der Waals surface area contributed by atoms with E-state index in [1.807, 2.05) is 0 Å². The van der Waals surface area contributed by atoms with Gasteiger partial charge in [0.25, 0.3) is 0 Å². The lowest BCUT2D eigenvalue weighted by Gasteiger charge is -2.34. The van der Waals surface area contributed by atoms with Gasteiger partial charge in [0, 0.05) is 25.2 Å². The molecule has 3 saturated heterocycles. The van der Waals surface area contributed by atoms with Crippen molar-refractivity contribution in [2.75, 3.05) is 32.8 Å². The highest BCUT2D eigenvalue weighted by atomic mass is 16.5. The molecule has 0 radical (unpaired) electrons. The summed E-state index contributed by atoms with van der Waals surface area (Å²) in [5.74, 6) is 0.407. The molecule has 0 aromatic carbocycles. The fourth-order valence-corrected chi connectivity index (χ4v) is 3.77. The standard InChI is InChI=1S/C15H27N3O2/c1-11-8-12(10-20-11)15(19)18-7-4-14(9-18)17-5-2-13(16)3-6-17/h11-14H,2-10,16H2,1H3. The minimum atomic E-state index is 0.0959. The van der Waals surface area contributed by atoms with Crippen LogP contribution in [0.4, 0.5) is 0 Å². The Labute approximate surface area is 121 Å². The van der Waals surface area contributed by atoms with Crippen molar-refractivity contribution in [2.45, 2.75) is 50.8 Å². The maximum Gasteiger partial charge on any atom is 0.228 e. The summed E-state index contributed by atoms with van der Waals surface area (Å²) in [5.41, 5.74) is 5.96. The third-order valence-electron chi connectivity index (χ3n) is 5.11. The molecule has 3 atom stereocenters. The van der Waals surface area contributed by atoms with Gasteiger partial charge in [-0.05, 0) is 45.7 Å². The minimum absolute atomic E-state index is 0.0959. The van der Waals surface area contributed by atoms with Crippen LogP contribution < -0.4 is 5.73 Å². The topological polar surface area (TPSA) is 58.8 Å². The molecule has 20 heavy (non-hydrogen) atoms. The van der Waals surface area contributed by atoms with Crippen LogP contribution in [-0.4, -0.2) is 66.7 Å². The highest BCUT2D eigenvalue weighted by molar-refractivity contribution is 5.79. The summed E-state index contributed by atoms with van der Waals surface area (Å²) in [6, 6.07) is 0.925. The summed E-state index contributed by atoms with van der Waals surface area (Å²) in [7, 11) is 0. The Balaban J connectivity index is 1.50. The van der Waals surface area contributed by atoms with Gasteiger partial charge in [-0.3, -0.25) is 9.69 Å². The maximum absolute atomic E-state index is 12.5. The van der Waals surface area contributed by atoms with Crippen LogP contribution in [0, 0.1) is 5.92 Å². The highest BCUT2D eigenvalue weighted by Crippen LogP contribution is 2.25. The van der Waals surface area contributed by atoms with Crippen molar-refractivity contribution in [2.24, 2.45) is 11.7 Å². The third-order valence-corrected chi connectivity index (χ3v) is 5.11. The molecule has 114 valence electrons. The van der Waals surface area contributed by atoms with Crippen LogP contribution in [0.15, 0.2) is 0 Å². The van der Waals surface area contributed by atoms with E-state index in [1.165, 1.54) is 0 Å². The van der Waals surface area contributed by atoms with Crippen LogP contribution in [0.25, 0.3) is 0 Å². The van der Waals surface area contributed by atoms with E-state index in [2.05, 4.69) is 16.7 Å². The number of nitrogens with zero attached hydrogens (tertiary/aromatic N) is 2. The fourth-order valence-electron chi connectivity index (χ4n) is 3.77. The molecule has 0 aliphatic carbocycles. The summed E-state index contributed by atoms with van der Waals surface area (Å²) in [5, 5.41) is 0. The van der Waals surface area contributed by atoms with Gasteiger partial charge in [0.05, 0.1) is 18.6 Å². The third kappa shape index (κ3) is 3.00. The number of ether oxygens (including phenoxy) is 1. The second-order valence-electron chi connectivity index (χ2n) is 6.68. The zero-order chi connectivity index (χ0) is 14.1. The number of hydrogen-bond acceptors (Lipinski definition) is 4. The average molecular weight is 281 g/mol. The Hall–Kier alpha value is -0.650. The molecule has 0 aromatic heterocycles. The van der Waals surface area contributed by atoms with Gasteiger partial charge in [-0.2, -0.15) is 0 Å². The van der Waals surface area contributed by atoms with Crippen molar-refractivity contribution in [1.29, 1.82) is 0 Å². The molecule has 1 amide bonds. The first-order valence-corrected chi connectivity index (χ1v) is 8.03. The average Bonchev–Trinajstić information content (AvgIpc) is 3.08. The van der Waals surface area contributed by atoms with Gasteiger partial charge < -0.3 is 15.4 Å². The second-order valence-corrected chi connectivity index (χ2v) is 6.68. The molecule has 3 aliphatic heterocycles. The molecule has 0 bridgehead atoms. The number of piperidine rings is 1. The predicted octanol–water partition coefficient (Wildman–Crippen LogP) is 0.435. The number of carbonyl (C=O) groups excluding carboxylic acids is 1. The molecule has 5 heteroatoms. The number of amides is 1. The van der Waals surface area contributed by atoms with Crippen molar-refractivity contribution >= 4 is 5.91 Å². The lowest BCUT2D eigenvalue weighted by molar-refractivity contribution is -0.134. The smallest absolute Gasteiger partial charge is 0.228 e. The lowest BCUT2D eigenvalue weighted by Crippen LogP contribution is -2.46. The molecule has 0 spiro atoms. The van der Waals surface area contributed by atoms with E-state index < -0.39 is 0 Å². The predicted molar refractivity (Wildman–Crippen MR) is 77.3 cm³/mol. The fraction of sp³-hybridized carbons (Fsp3) is 0.933. The summed E-state index contributed by atoms with van der Waals surface area (Å²) in [6.07, 6.45) is 4.44. The number of rotatable bonds is 2. The van der Waals surface area contributed by atoms with Crippen molar-refractivity contribution < 1.29 is 9.53 Å². The monoisotopic (exact) mass is 281 g/mol. The first kappa shape index (κ1) is 14.3. The van der Waals surface area contributed by atoms with Crippen LogP contribution in [0.2, 0.25) is 0 Å². The summed E-state index contributed by atoms with van der Waals surface area (Å²) in [6.45, 7) is 6.67. The molecule has 2 N–H and O–H groups in total. The summed E-state index contributed by atoms with van der Waals surface area (Å²) in [4.78, 5) is 17.1. The Bertz CT molecular complexity index is 355. The van der Waals surface area contributed by atoms with Crippen molar-refractivity contribution in [3.05, 3.63) is 0 Å². The SMILES string of the molecule is CC1CC(C(=O)N2CCC(N3CCC(N)CC3)C2)CO1. The second kappa shape index (κ2) is 6.00. The minimum Gasteiger partial charge on any atom is -0.378 e. The molecule has 0 saturated carbocycles. The van der Waals surface area contributed by atoms with Gasteiger partial charge in [-0.1, -0.05) is 0 Å². The quantitative estimate of drug-likeness (QED) is 0.798. The normalized spacial score (nSPS) is 36.7. The van der Waals surface area contributed by atoms with Gasteiger partial charge in [-0.15, -0.1) is 0 Å². The van der Waals surface area contributed by atoms with Gasteiger partial charge in [-0.25, -0.2) is 0 Å². The Morgan fingerprint density at radius 1 is 1.20 bits per heavy atom. The van der Waals surface area contributed by atoms with Gasteiger partial charge >= 0.3 is 0 Å². The van der Waals surface area contributed by atoms with E-state index in [0.717, 1.165) is 51.9 Å². The van der Waals surface area contributed by atoms with Crippen molar-refractivity contribution in [3.63, 3.8) is 0 Å². The lowest BCUT2D eigenvalue weighted by atomic mass is 10.0. The molecule has 5 nitrogen and oxygen atoms in total. The van der Waals surface area contributed by atoms with Crippen LogP contribution in [0.5, 0.6) is 0 Å². The van der Waals surface area contributed by atoms with E-state index in [-0.39, 0.29) is 12.0 Å². The largest absolute Gasteiger partial charge is 0.378 e. The number of hydrogen-bond donors (Lipinski definition) is 1. The van der Waals surface area contributed by atoms with E-state index in [1.54, 1.807) is 0 Å². The Kier molecular flexibility index (Phi) is 4.29. The van der Waals surface area contributed by atoms with E-state index in [9.17, 15) is 4.79 Å². The van der Waals surface area contributed by atoms with Crippen molar-refractivity contribution in [3.8, 4) is 0 Å². The van der Waals surface area contributed by atoms with E-state index >= 15 is 0 Å². The van der Waals surface area contributed by atoms with Gasteiger partial charge in [0.15, 0.2) is 0 Å². The number of nitrogens with two attached hydrogens (primary N) is 1. The van der Waals surface area contributed by atoms with Crippen LogP contribution in [0.3, 0.4) is 0 Å². The van der Waals surface area contributed by atoms with Crippen LogP contribution in [-0.2, 0) is 9.53 Å². The molecule has 3 aliphatic rings. The van der Waals surface area contributed by atoms with Crippen molar-refractivity contribution in [1.82, 2.24) is 9.80 Å². The molecular formula is C15H27N3O2. The van der Waals surface area contributed by atoms with Crippen LogP contribution >= 0.6 is 0 Å². The number of carbonyl (C=O) groups is 1. The zero-order valence-electron chi connectivity index (χ0n) is 12.5. The molecule has 3 rings (SSSR count). The number of likely N-dealkylation sites (tertiary alicyclic amines) is 2. The van der Waals surface area contributed by atoms with Crippen LogP contribution in [0.1, 0.15) is 32.6 Å². The van der Waals surface area contributed by atoms with E-state index in [4.69, 9.17) is 10.5 Å². The molecular weight excluding hydrogens is 254 g/mol. The molecule has 3 unspecified atom stereocenters.